The zero-order valence-corrected chi connectivity index (χ0v) is 12.5. The molecule has 0 saturated carbocycles. The van der Waals surface area contributed by atoms with Gasteiger partial charge in [-0.3, -0.25) is 4.90 Å². The maximum atomic E-state index is 13.7. The average molecular weight is 295 g/mol. The Bertz CT molecular complexity index is 500. The summed E-state index contributed by atoms with van der Waals surface area (Å²) in [6.07, 6.45) is 0. The van der Waals surface area contributed by atoms with Crippen LogP contribution in [0.25, 0.3) is 0 Å². The maximum Gasteiger partial charge on any atom is 0.340 e. The maximum absolute atomic E-state index is 13.7. The number of carboxylic acids is 1. The van der Waals surface area contributed by atoms with Gasteiger partial charge in [0.1, 0.15) is 11.4 Å². The van der Waals surface area contributed by atoms with Crippen molar-refractivity contribution in [3.05, 3.63) is 29.6 Å². The molecule has 0 spiro atoms. The topological polar surface area (TPSA) is 47.0 Å². The molecule has 0 bridgehead atoms. The summed E-state index contributed by atoms with van der Waals surface area (Å²) in [7, 11) is 4.09. The summed E-state index contributed by atoms with van der Waals surface area (Å²) in [4.78, 5) is 17.7. The second-order valence-electron chi connectivity index (χ2n) is 5.57. The van der Waals surface area contributed by atoms with E-state index in [0.717, 1.165) is 39.3 Å². The van der Waals surface area contributed by atoms with Crippen molar-refractivity contribution in [3.63, 3.8) is 0 Å². The number of hydrogen-bond acceptors (Lipinski definition) is 4. The quantitative estimate of drug-likeness (QED) is 0.885. The Balaban J connectivity index is 2.03. The summed E-state index contributed by atoms with van der Waals surface area (Å²) < 4.78 is 13.7. The highest BCUT2D eigenvalue weighted by molar-refractivity contribution is 5.94. The fourth-order valence-electron chi connectivity index (χ4n) is 2.54. The van der Waals surface area contributed by atoms with Gasteiger partial charge in [-0.15, -0.1) is 0 Å². The van der Waals surface area contributed by atoms with Gasteiger partial charge in [-0.1, -0.05) is 6.07 Å². The molecule has 0 aromatic heterocycles. The van der Waals surface area contributed by atoms with E-state index in [1.165, 1.54) is 6.07 Å². The first kappa shape index (κ1) is 15.7. The smallest absolute Gasteiger partial charge is 0.340 e. The molecule has 1 N–H and O–H groups in total. The van der Waals surface area contributed by atoms with E-state index >= 15 is 0 Å². The molecular formula is C15H22FN3O2. The molecule has 0 atom stereocenters. The Morgan fingerprint density at radius 1 is 1.29 bits per heavy atom. The van der Waals surface area contributed by atoms with Crippen LogP contribution in [0.3, 0.4) is 0 Å². The van der Waals surface area contributed by atoms with Gasteiger partial charge in [-0.05, 0) is 26.2 Å². The Morgan fingerprint density at radius 2 is 1.95 bits per heavy atom. The van der Waals surface area contributed by atoms with Crippen LogP contribution in [0.1, 0.15) is 10.4 Å². The summed E-state index contributed by atoms with van der Waals surface area (Å²) in [5.74, 6) is -1.88. The zero-order valence-electron chi connectivity index (χ0n) is 12.5. The van der Waals surface area contributed by atoms with E-state index in [-0.39, 0.29) is 5.56 Å². The predicted octanol–water partition coefficient (Wildman–Crippen LogP) is 1.21. The zero-order chi connectivity index (χ0) is 15.4. The van der Waals surface area contributed by atoms with Gasteiger partial charge in [0.05, 0.1) is 5.69 Å². The van der Waals surface area contributed by atoms with Gasteiger partial charge in [-0.2, -0.15) is 0 Å². The van der Waals surface area contributed by atoms with Gasteiger partial charge < -0.3 is 14.9 Å². The summed E-state index contributed by atoms with van der Waals surface area (Å²) >= 11 is 0. The second-order valence-corrected chi connectivity index (χ2v) is 5.57. The molecule has 1 heterocycles. The lowest BCUT2D eigenvalue weighted by atomic mass is 10.1. The molecule has 1 saturated heterocycles. The molecule has 5 nitrogen and oxygen atoms in total. The van der Waals surface area contributed by atoms with Crippen molar-refractivity contribution >= 4 is 11.7 Å². The van der Waals surface area contributed by atoms with Gasteiger partial charge in [-0.25, -0.2) is 9.18 Å². The highest BCUT2D eigenvalue weighted by Crippen LogP contribution is 2.24. The van der Waals surface area contributed by atoms with Gasteiger partial charge >= 0.3 is 5.97 Å². The molecule has 0 unspecified atom stereocenters. The first-order valence-corrected chi connectivity index (χ1v) is 7.13. The highest BCUT2D eigenvalue weighted by atomic mass is 19.1. The lowest BCUT2D eigenvalue weighted by molar-refractivity contribution is 0.0692. The number of benzene rings is 1. The number of aromatic carboxylic acids is 1. The van der Waals surface area contributed by atoms with E-state index in [9.17, 15) is 14.3 Å². The standard InChI is InChI=1S/C15H22FN3O2/c1-17(2)6-7-18-8-10-19(11-9-18)13-5-3-4-12(16)14(13)15(20)21/h3-5H,6-11H2,1-2H3,(H,20,21). The van der Waals surface area contributed by atoms with E-state index in [2.05, 4.69) is 9.80 Å². The van der Waals surface area contributed by atoms with E-state index in [1.54, 1.807) is 12.1 Å². The molecule has 6 heteroatoms. The Hall–Kier alpha value is -1.66. The number of rotatable bonds is 5. The third-order valence-corrected chi connectivity index (χ3v) is 3.78. The number of piperazine rings is 1. The minimum atomic E-state index is -1.21. The fraction of sp³-hybridized carbons (Fsp3) is 0.533. The van der Waals surface area contributed by atoms with E-state index in [4.69, 9.17) is 0 Å². The van der Waals surface area contributed by atoms with Crippen molar-refractivity contribution in [2.24, 2.45) is 0 Å². The van der Waals surface area contributed by atoms with E-state index in [0.29, 0.717) is 5.69 Å². The van der Waals surface area contributed by atoms with Crippen molar-refractivity contribution in [3.8, 4) is 0 Å². The van der Waals surface area contributed by atoms with Crippen LogP contribution < -0.4 is 4.90 Å². The first-order valence-electron chi connectivity index (χ1n) is 7.13. The molecule has 21 heavy (non-hydrogen) atoms. The Labute approximate surface area is 124 Å². The Morgan fingerprint density at radius 3 is 2.52 bits per heavy atom. The number of hydrogen-bond donors (Lipinski definition) is 1. The SMILES string of the molecule is CN(C)CCN1CCN(c2cccc(F)c2C(=O)O)CC1. The molecule has 116 valence electrons. The van der Waals surface area contributed by atoms with Gasteiger partial charge in [0.15, 0.2) is 0 Å². The number of likely N-dealkylation sites (N-methyl/N-ethyl adjacent to an activating group) is 1. The lowest BCUT2D eigenvalue weighted by Crippen LogP contribution is -2.48. The molecule has 1 aromatic carbocycles. The number of nitrogens with zero attached hydrogens (tertiary/aromatic N) is 3. The van der Waals surface area contributed by atoms with Crippen LogP contribution in [0.15, 0.2) is 18.2 Å². The van der Waals surface area contributed by atoms with Gasteiger partial charge in [0.25, 0.3) is 0 Å². The van der Waals surface area contributed by atoms with Crippen LogP contribution in [0.4, 0.5) is 10.1 Å². The summed E-state index contributed by atoms with van der Waals surface area (Å²) in [6.45, 7) is 5.16. The lowest BCUT2D eigenvalue weighted by Gasteiger charge is -2.37. The fourth-order valence-corrected chi connectivity index (χ4v) is 2.54. The molecular weight excluding hydrogens is 273 g/mol. The number of halogens is 1. The van der Waals surface area contributed by atoms with Crippen molar-refractivity contribution < 1.29 is 14.3 Å². The second kappa shape index (κ2) is 6.87. The summed E-state index contributed by atoms with van der Waals surface area (Å²) in [5.41, 5.74) is 0.258. The molecule has 1 aromatic rings. The molecule has 1 aliphatic rings. The monoisotopic (exact) mass is 295 g/mol. The third-order valence-electron chi connectivity index (χ3n) is 3.78. The normalized spacial score (nSPS) is 16.5. The molecule has 0 radical (unpaired) electrons. The minimum Gasteiger partial charge on any atom is -0.478 e. The average Bonchev–Trinajstić information content (AvgIpc) is 2.45. The van der Waals surface area contributed by atoms with Crippen molar-refractivity contribution in [1.29, 1.82) is 0 Å². The third kappa shape index (κ3) is 3.92. The minimum absolute atomic E-state index is 0.223. The van der Waals surface area contributed by atoms with Crippen LogP contribution >= 0.6 is 0 Å². The largest absolute Gasteiger partial charge is 0.478 e. The van der Waals surface area contributed by atoms with E-state index < -0.39 is 11.8 Å². The molecule has 0 aliphatic carbocycles. The summed E-state index contributed by atoms with van der Waals surface area (Å²) in [5, 5.41) is 9.19. The van der Waals surface area contributed by atoms with Crippen LogP contribution in [0.2, 0.25) is 0 Å². The van der Waals surface area contributed by atoms with Crippen molar-refractivity contribution in [1.82, 2.24) is 9.80 Å². The van der Waals surface area contributed by atoms with Crippen LogP contribution in [-0.4, -0.2) is 74.2 Å². The number of carbonyl (C=O) groups is 1. The first-order chi connectivity index (χ1) is 9.99. The predicted molar refractivity (Wildman–Crippen MR) is 80.6 cm³/mol. The number of carboxylic acid groups (broad SMARTS) is 1. The van der Waals surface area contributed by atoms with Crippen LogP contribution in [-0.2, 0) is 0 Å². The van der Waals surface area contributed by atoms with Gasteiger partial charge in [0.2, 0.25) is 0 Å². The number of anilines is 1. The van der Waals surface area contributed by atoms with E-state index in [1.807, 2.05) is 19.0 Å². The van der Waals surface area contributed by atoms with Gasteiger partial charge in [0, 0.05) is 39.3 Å². The van der Waals surface area contributed by atoms with Crippen LogP contribution in [0, 0.1) is 5.82 Å². The Kier molecular flexibility index (Phi) is 5.14. The van der Waals surface area contributed by atoms with Crippen LogP contribution in [0.5, 0.6) is 0 Å². The van der Waals surface area contributed by atoms with Crippen molar-refractivity contribution in [2.75, 3.05) is 58.3 Å². The summed E-state index contributed by atoms with van der Waals surface area (Å²) in [6, 6.07) is 4.44. The molecule has 1 fully saturated rings. The highest BCUT2D eigenvalue weighted by Gasteiger charge is 2.23. The molecule has 0 amide bonds. The molecule has 1 aliphatic heterocycles. The molecule has 2 rings (SSSR count). The van der Waals surface area contributed by atoms with Crippen molar-refractivity contribution in [2.45, 2.75) is 0 Å².